The summed E-state index contributed by atoms with van der Waals surface area (Å²) >= 11 is 0.739. The summed E-state index contributed by atoms with van der Waals surface area (Å²) in [5, 5.41) is 2.96. The summed E-state index contributed by atoms with van der Waals surface area (Å²) in [5.41, 5.74) is 12.0. The van der Waals surface area contributed by atoms with Gasteiger partial charge in [-0.1, -0.05) is 19.9 Å². The van der Waals surface area contributed by atoms with Crippen LogP contribution in [0.3, 0.4) is 0 Å². The highest BCUT2D eigenvalue weighted by Crippen LogP contribution is 2.37. The minimum absolute atomic E-state index is 0.0249. The van der Waals surface area contributed by atoms with Crippen molar-refractivity contribution in [2.24, 2.45) is 11.7 Å². The Labute approximate surface area is 237 Å². The van der Waals surface area contributed by atoms with E-state index in [4.69, 9.17) is 25.7 Å². The molecule has 1 aromatic heterocycles. The zero-order valence-electron chi connectivity index (χ0n) is 23.2. The molecule has 0 radical (unpaired) electrons. The number of primary amides is 1. The summed E-state index contributed by atoms with van der Waals surface area (Å²) in [6.07, 6.45) is 0.741. The van der Waals surface area contributed by atoms with Gasteiger partial charge in [-0.3, -0.25) is 19.3 Å². The van der Waals surface area contributed by atoms with E-state index in [9.17, 15) is 14.4 Å². The van der Waals surface area contributed by atoms with Gasteiger partial charge in [0.05, 0.1) is 26.5 Å². The van der Waals surface area contributed by atoms with Crippen LogP contribution in [0.4, 0.5) is 11.4 Å². The number of amides is 3. The first-order chi connectivity index (χ1) is 19.1. The lowest BCUT2D eigenvalue weighted by Gasteiger charge is -2.31. The van der Waals surface area contributed by atoms with Crippen LogP contribution in [0.5, 0.6) is 17.2 Å². The van der Waals surface area contributed by atoms with Crippen molar-refractivity contribution in [2.45, 2.75) is 33.2 Å². The predicted octanol–water partition coefficient (Wildman–Crippen LogP) is 3.79. The Morgan fingerprint density at radius 1 is 1.05 bits per heavy atom. The normalized spacial score (nSPS) is 11.6. The molecule has 0 spiro atoms. The van der Waals surface area contributed by atoms with Crippen LogP contribution in [0.15, 0.2) is 42.5 Å². The van der Waals surface area contributed by atoms with Gasteiger partial charge in [0.1, 0.15) is 16.7 Å². The van der Waals surface area contributed by atoms with Gasteiger partial charge in [0.25, 0.3) is 11.8 Å². The zero-order valence-corrected chi connectivity index (χ0v) is 24.0. The topological polar surface area (TPSA) is 159 Å². The van der Waals surface area contributed by atoms with Crippen molar-refractivity contribution in [3.05, 3.63) is 58.6 Å². The number of nitrogens with two attached hydrogens (primary N) is 2. The molecule has 0 aliphatic heterocycles. The van der Waals surface area contributed by atoms with Crippen LogP contribution in [0, 0.1) is 5.92 Å². The Hall–Kier alpha value is -4.32. The molecule has 0 bridgehead atoms. The van der Waals surface area contributed by atoms with Crippen LogP contribution in [0.25, 0.3) is 0 Å². The Morgan fingerprint density at radius 2 is 1.73 bits per heavy atom. The molecule has 1 heterocycles. The number of ether oxygens (including phenoxy) is 3. The van der Waals surface area contributed by atoms with E-state index in [1.165, 1.54) is 19.1 Å². The molecule has 214 valence electrons. The predicted molar refractivity (Wildman–Crippen MR) is 154 cm³/mol. The maximum atomic E-state index is 14.2. The van der Waals surface area contributed by atoms with E-state index in [1.807, 2.05) is 6.92 Å². The number of benzene rings is 2. The van der Waals surface area contributed by atoms with Crippen molar-refractivity contribution in [3.63, 3.8) is 0 Å². The molecule has 3 aromatic rings. The number of aromatic nitrogens is 1. The van der Waals surface area contributed by atoms with E-state index in [-0.39, 0.29) is 16.3 Å². The summed E-state index contributed by atoms with van der Waals surface area (Å²) in [6.45, 7) is 6.83. The molecule has 40 heavy (non-hydrogen) atoms. The van der Waals surface area contributed by atoms with Crippen molar-refractivity contribution in [2.75, 3.05) is 38.0 Å². The fraction of sp³-hybridized carbons (Fsp3) is 0.357. The fourth-order valence-corrected chi connectivity index (χ4v) is 4.76. The van der Waals surface area contributed by atoms with Crippen LogP contribution in [-0.2, 0) is 4.79 Å². The minimum atomic E-state index is -1.16. The number of nitrogen functional groups attached to an aromatic ring is 1. The first-order valence-corrected chi connectivity index (χ1v) is 13.5. The van der Waals surface area contributed by atoms with Gasteiger partial charge in [-0.05, 0) is 72.8 Å². The molecule has 0 unspecified atom stereocenters. The SMILES string of the molecule is CCOc1ccc(N(C(=O)c2snc(C(N)=O)c2N)[C@@H](C(=O)NCCC(C)C)c2ccc(OC)c(OC)c2)cc1. The van der Waals surface area contributed by atoms with Crippen molar-refractivity contribution >= 4 is 40.6 Å². The molecule has 2 aromatic carbocycles. The van der Waals surface area contributed by atoms with Crippen LogP contribution in [0.2, 0.25) is 0 Å². The summed E-state index contributed by atoms with van der Waals surface area (Å²) in [5.74, 6) is -0.125. The number of rotatable bonds is 13. The Kier molecular flexibility index (Phi) is 10.3. The molecular weight excluding hydrogens is 534 g/mol. The number of anilines is 2. The second kappa shape index (κ2) is 13.7. The molecule has 12 heteroatoms. The van der Waals surface area contributed by atoms with Gasteiger partial charge < -0.3 is 31.0 Å². The van der Waals surface area contributed by atoms with Crippen LogP contribution in [0.1, 0.15) is 59.0 Å². The van der Waals surface area contributed by atoms with Gasteiger partial charge in [0.2, 0.25) is 5.91 Å². The van der Waals surface area contributed by atoms with Gasteiger partial charge >= 0.3 is 0 Å². The zero-order chi connectivity index (χ0) is 29.4. The Morgan fingerprint density at radius 3 is 2.27 bits per heavy atom. The standard InChI is InChI=1S/C28H35N5O6S/c1-6-39-19-10-8-18(9-11-19)33(28(36)25-22(29)23(26(30)34)32-40-25)24(27(35)31-14-13-16(2)3)17-7-12-20(37-4)21(15-17)38-5/h7-12,15-16,24H,6,13-14,29H2,1-5H3,(H2,30,34)(H,31,35)/t24-/m1/s1. The molecule has 5 N–H and O–H groups in total. The Balaban J connectivity index is 2.22. The quantitative estimate of drug-likeness (QED) is 0.280. The number of nitrogens with zero attached hydrogens (tertiary/aromatic N) is 2. The number of nitrogens with one attached hydrogen (secondary N) is 1. The number of carbonyl (C=O) groups is 3. The van der Waals surface area contributed by atoms with E-state index in [0.717, 1.165) is 18.0 Å². The molecule has 3 rings (SSSR count). The molecule has 0 saturated carbocycles. The van der Waals surface area contributed by atoms with Crippen LogP contribution in [-0.4, -0.2) is 49.5 Å². The van der Waals surface area contributed by atoms with Crippen LogP contribution >= 0.6 is 11.5 Å². The average Bonchev–Trinajstić information content (AvgIpc) is 3.33. The first kappa shape index (κ1) is 30.2. The van der Waals surface area contributed by atoms with Crippen molar-refractivity contribution in [1.82, 2.24) is 9.69 Å². The number of methoxy groups -OCH3 is 2. The summed E-state index contributed by atoms with van der Waals surface area (Å²) in [6, 6.07) is 10.6. The third-order valence-corrected chi connectivity index (χ3v) is 6.90. The number of carbonyl (C=O) groups excluding carboxylic acids is 3. The summed E-state index contributed by atoms with van der Waals surface area (Å²) in [4.78, 5) is 41.2. The number of hydrogen-bond donors (Lipinski definition) is 3. The first-order valence-electron chi connectivity index (χ1n) is 12.7. The lowest BCUT2D eigenvalue weighted by Crippen LogP contribution is -2.44. The third kappa shape index (κ3) is 6.81. The van der Waals surface area contributed by atoms with Gasteiger partial charge in [-0.2, -0.15) is 4.37 Å². The van der Waals surface area contributed by atoms with Gasteiger partial charge in [-0.25, -0.2) is 0 Å². The lowest BCUT2D eigenvalue weighted by atomic mass is 10.0. The second-order valence-corrected chi connectivity index (χ2v) is 10.0. The number of hydrogen-bond acceptors (Lipinski definition) is 9. The average molecular weight is 570 g/mol. The van der Waals surface area contributed by atoms with E-state index in [0.29, 0.717) is 47.6 Å². The van der Waals surface area contributed by atoms with Gasteiger partial charge in [0, 0.05) is 12.2 Å². The third-order valence-electron chi connectivity index (χ3n) is 6.05. The van der Waals surface area contributed by atoms with E-state index >= 15 is 0 Å². The van der Waals surface area contributed by atoms with E-state index in [1.54, 1.807) is 42.5 Å². The molecule has 3 amide bonds. The monoisotopic (exact) mass is 569 g/mol. The molecule has 11 nitrogen and oxygen atoms in total. The molecule has 0 aliphatic carbocycles. The Bertz CT molecular complexity index is 1340. The molecule has 0 saturated heterocycles. The fourth-order valence-electron chi connectivity index (χ4n) is 4.01. The second-order valence-electron chi connectivity index (χ2n) is 9.23. The van der Waals surface area contributed by atoms with Gasteiger partial charge in [-0.15, -0.1) is 0 Å². The maximum absolute atomic E-state index is 14.2. The highest BCUT2D eigenvalue weighted by molar-refractivity contribution is 7.09. The smallest absolute Gasteiger partial charge is 0.273 e. The molecule has 0 fully saturated rings. The summed E-state index contributed by atoms with van der Waals surface area (Å²) < 4.78 is 20.4. The van der Waals surface area contributed by atoms with Crippen molar-refractivity contribution in [3.8, 4) is 17.2 Å². The minimum Gasteiger partial charge on any atom is -0.494 e. The van der Waals surface area contributed by atoms with Gasteiger partial charge in [0.15, 0.2) is 17.2 Å². The largest absolute Gasteiger partial charge is 0.494 e. The van der Waals surface area contributed by atoms with Crippen molar-refractivity contribution in [1.29, 1.82) is 0 Å². The van der Waals surface area contributed by atoms with E-state index in [2.05, 4.69) is 23.5 Å². The van der Waals surface area contributed by atoms with Crippen LogP contribution < -0.4 is 35.9 Å². The highest BCUT2D eigenvalue weighted by Gasteiger charge is 2.36. The maximum Gasteiger partial charge on any atom is 0.273 e. The highest BCUT2D eigenvalue weighted by atomic mass is 32.1. The van der Waals surface area contributed by atoms with Crippen molar-refractivity contribution < 1.29 is 28.6 Å². The van der Waals surface area contributed by atoms with E-state index < -0.39 is 23.8 Å². The molecule has 1 atom stereocenters. The lowest BCUT2D eigenvalue weighted by molar-refractivity contribution is -0.122. The summed E-state index contributed by atoms with van der Waals surface area (Å²) in [7, 11) is 2.99. The molecule has 0 aliphatic rings. The molecular formula is C28H35N5O6S.